The van der Waals surface area contributed by atoms with Crippen LogP contribution in [0.15, 0.2) is 35.9 Å². The molecule has 3 aliphatic heterocycles. The zero-order chi connectivity index (χ0) is 8.84. The largest absolute Gasteiger partial charge is 0.369 e. The number of carbonyl (C=O) groups excluding carboxylic acids is 1. The molecule has 1 atom stereocenters. The van der Waals surface area contributed by atoms with Gasteiger partial charge in [0.05, 0.1) is 5.70 Å². The Kier molecular flexibility index (Phi) is 3.31. The zero-order valence-electron chi connectivity index (χ0n) is 7.77. The highest BCUT2D eigenvalue weighted by atomic mass is 35.5. The second kappa shape index (κ2) is 4.16. The van der Waals surface area contributed by atoms with Gasteiger partial charge in [0.2, 0.25) is 5.91 Å². The summed E-state index contributed by atoms with van der Waals surface area (Å²) in [5.41, 5.74) is 1.05. The average Bonchev–Trinajstić information content (AvgIpc) is 2.57. The van der Waals surface area contributed by atoms with Crippen molar-refractivity contribution < 1.29 is 4.79 Å². The van der Waals surface area contributed by atoms with Gasteiger partial charge in [0, 0.05) is 12.7 Å². The van der Waals surface area contributed by atoms with Crippen molar-refractivity contribution in [2.24, 2.45) is 0 Å². The molecule has 3 rings (SSSR count). The van der Waals surface area contributed by atoms with E-state index >= 15 is 0 Å². The van der Waals surface area contributed by atoms with Gasteiger partial charge in [-0.25, -0.2) is 0 Å². The number of hydrogen-bond donors (Lipinski definition) is 2. The molecule has 4 nitrogen and oxygen atoms in total. The molecule has 0 spiro atoms. The van der Waals surface area contributed by atoms with E-state index in [1.807, 2.05) is 23.1 Å². The SMILES string of the molecule is Cl.Cl.O=C1NC=C2C=CC=C3NCC1N23. The fourth-order valence-electron chi connectivity index (χ4n) is 1.89. The average molecular weight is 248 g/mol. The van der Waals surface area contributed by atoms with Crippen LogP contribution in [0.2, 0.25) is 0 Å². The first-order valence-electron chi connectivity index (χ1n) is 4.28. The number of allylic oxidation sites excluding steroid dienone is 3. The Morgan fingerprint density at radius 3 is 3.00 bits per heavy atom. The van der Waals surface area contributed by atoms with Gasteiger partial charge in [0.25, 0.3) is 0 Å². The van der Waals surface area contributed by atoms with E-state index in [1.54, 1.807) is 6.20 Å². The minimum atomic E-state index is -0.0730. The van der Waals surface area contributed by atoms with Crippen molar-refractivity contribution in [1.82, 2.24) is 15.5 Å². The highest BCUT2D eigenvalue weighted by Gasteiger charge is 2.37. The molecule has 1 saturated heterocycles. The molecule has 0 bridgehead atoms. The molecule has 0 aromatic carbocycles. The third-order valence-electron chi connectivity index (χ3n) is 2.51. The molecule has 0 saturated carbocycles. The van der Waals surface area contributed by atoms with Gasteiger partial charge >= 0.3 is 0 Å². The summed E-state index contributed by atoms with van der Waals surface area (Å²) < 4.78 is 0. The molecule has 0 aromatic rings. The van der Waals surface area contributed by atoms with Crippen molar-refractivity contribution in [3.63, 3.8) is 0 Å². The van der Waals surface area contributed by atoms with Gasteiger partial charge in [-0.1, -0.05) is 6.08 Å². The number of carbonyl (C=O) groups is 1. The zero-order valence-corrected chi connectivity index (χ0v) is 9.40. The summed E-state index contributed by atoms with van der Waals surface area (Å²) in [4.78, 5) is 13.4. The van der Waals surface area contributed by atoms with Crippen molar-refractivity contribution in [2.75, 3.05) is 6.54 Å². The van der Waals surface area contributed by atoms with E-state index in [1.165, 1.54) is 0 Å². The molecule has 3 heterocycles. The Morgan fingerprint density at radius 1 is 1.40 bits per heavy atom. The summed E-state index contributed by atoms with van der Waals surface area (Å²) >= 11 is 0. The Hall–Kier alpha value is -1.13. The lowest BCUT2D eigenvalue weighted by Gasteiger charge is -2.31. The van der Waals surface area contributed by atoms with Gasteiger partial charge in [-0.15, -0.1) is 24.8 Å². The molecule has 1 amide bonds. The van der Waals surface area contributed by atoms with Crippen LogP contribution in [0, 0.1) is 0 Å². The fraction of sp³-hybridized carbons (Fsp3) is 0.222. The molecule has 2 N–H and O–H groups in total. The van der Waals surface area contributed by atoms with Gasteiger partial charge < -0.3 is 15.5 Å². The van der Waals surface area contributed by atoms with Gasteiger partial charge in [-0.2, -0.15) is 0 Å². The monoisotopic (exact) mass is 247 g/mol. The van der Waals surface area contributed by atoms with Crippen LogP contribution in [0.1, 0.15) is 0 Å². The van der Waals surface area contributed by atoms with Crippen LogP contribution in [0.4, 0.5) is 0 Å². The summed E-state index contributed by atoms with van der Waals surface area (Å²) in [5, 5.41) is 5.94. The van der Waals surface area contributed by atoms with Gasteiger partial charge in [-0.3, -0.25) is 4.79 Å². The highest BCUT2D eigenvalue weighted by molar-refractivity contribution is 5.86. The third kappa shape index (κ3) is 1.60. The smallest absolute Gasteiger partial charge is 0.248 e. The van der Waals surface area contributed by atoms with E-state index in [-0.39, 0.29) is 36.8 Å². The predicted octanol–water partition coefficient (Wildman–Crippen LogP) is 0.486. The molecule has 6 heteroatoms. The van der Waals surface area contributed by atoms with E-state index < -0.39 is 0 Å². The lowest BCUT2D eigenvalue weighted by atomic mass is 10.1. The Bertz CT molecular complexity index is 376. The summed E-state index contributed by atoms with van der Waals surface area (Å²) in [5.74, 6) is 1.09. The molecular weight excluding hydrogens is 237 g/mol. The lowest BCUT2D eigenvalue weighted by Crippen LogP contribution is -2.46. The number of nitrogens with zero attached hydrogens (tertiary/aromatic N) is 1. The molecule has 15 heavy (non-hydrogen) atoms. The van der Waals surface area contributed by atoms with Crippen molar-refractivity contribution in [3.05, 3.63) is 35.9 Å². The van der Waals surface area contributed by atoms with Crippen LogP contribution >= 0.6 is 24.8 Å². The molecule has 82 valence electrons. The molecule has 0 aliphatic carbocycles. The first-order chi connectivity index (χ1) is 6.36. The predicted molar refractivity (Wildman–Crippen MR) is 61.6 cm³/mol. The van der Waals surface area contributed by atoms with E-state index in [0.29, 0.717) is 6.54 Å². The van der Waals surface area contributed by atoms with E-state index in [4.69, 9.17) is 0 Å². The standard InChI is InChI=1S/C9H9N3O.2ClH/c13-9-7-5-10-8-3-1-2-6(4-11-9)12(7)8;;/h1-4,7,10H,5H2,(H,11,13);2*1H. The number of hydrogen-bond acceptors (Lipinski definition) is 3. The van der Waals surface area contributed by atoms with Gasteiger partial charge in [0.1, 0.15) is 11.9 Å². The van der Waals surface area contributed by atoms with E-state index in [2.05, 4.69) is 10.6 Å². The molecule has 1 unspecified atom stereocenters. The molecular formula is C9H11Cl2N3O. The van der Waals surface area contributed by atoms with Crippen LogP contribution in [-0.4, -0.2) is 23.4 Å². The van der Waals surface area contributed by atoms with Crippen LogP contribution in [0.3, 0.4) is 0 Å². The van der Waals surface area contributed by atoms with Crippen molar-refractivity contribution in [3.8, 4) is 0 Å². The quantitative estimate of drug-likeness (QED) is 0.655. The summed E-state index contributed by atoms with van der Waals surface area (Å²) in [6.45, 7) is 0.691. The lowest BCUT2D eigenvalue weighted by molar-refractivity contribution is -0.124. The fourth-order valence-corrected chi connectivity index (χ4v) is 1.89. The normalized spacial score (nSPS) is 24.9. The molecule has 0 radical (unpaired) electrons. The maximum absolute atomic E-state index is 11.4. The molecule has 1 fully saturated rings. The van der Waals surface area contributed by atoms with Crippen LogP contribution in [0.5, 0.6) is 0 Å². The van der Waals surface area contributed by atoms with Crippen molar-refractivity contribution in [1.29, 1.82) is 0 Å². The summed E-state index contributed by atoms with van der Waals surface area (Å²) in [6.07, 6.45) is 7.69. The number of rotatable bonds is 0. The second-order valence-electron chi connectivity index (χ2n) is 3.26. The maximum Gasteiger partial charge on any atom is 0.248 e. The first-order valence-corrected chi connectivity index (χ1v) is 4.28. The second-order valence-corrected chi connectivity index (χ2v) is 3.26. The Labute approximate surface area is 99.9 Å². The number of nitrogens with one attached hydrogen (secondary N) is 2. The molecule has 3 aliphatic rings. The van der Waals surface area contributed by atoms with Crippen molar-refractivity contribution >= 4 is 30.7 Å². The van der Waals surface area contributed by atoms with E-state index in [9.17, 15) is 4.79 Å². The van der Waals surface area contributed by atoms with Crippen molar-refractivity contribution in [2.45, 2.75) is 6.04 Å². The highest BCUT2D eigenvalue weighted by Crippen LogP contribution is 2.27. The maximum atomic E-state index is 11.4. The summed E-state index contributed by atoms with van der Waals surface area (Å²) in [6, 6.07) is -0.0730. The molecule has 0 aromatic heterocycles. The van der Waals surface area contributed by atoms with Gasteiger partial charge in [-0.05, 0) is 12.2 Å². The van der Waals surface area contributed by atoms with Crippen LogP contribution in [0.25, 0.3) is 0 Å². The topological polar surface area (TPSA) is 44.4 Å². The summed E-state index contributed by atoms with van der Waals surface area (Å²) in [7, 11) is 0. The Balaban J connectivity index is 0.000000562. The minimum absolute atomic E-state index is 0. The van der Waals surface area contributed by atoms with E-state index in [0.717, 1.165) is 11.5 Å². The third-order valence-corrected chi connectivity index (χ3v) is 2.51. The number of amides is 1. The first kappa shape index (κ1) is 11.9. The van der Waals surface area contributed by atoms with Crippen LogP contribution < -0.4 is 10.6 Å². The van der Waals surface area contributed by atoms with Crippen LogP contribution in [-0.2, 0) is 4.79 Å². The number of halogens is 2. The Morgan fingerprint density at radius 2 is 2.20 bits per heavy atom. The van der Waals surface area contributed by atoms with Gasteiger partial charge in [0.15, 0.2) is 0 Å². The minimum Gasteiger partial charge on any atom is -0.369 e.